The van der Waals surface area contributed by atoms with Gasteiger partial charge in [0.25, 0.3) is 5.91 Å². The van der Waals surface area contributed by atoms with Gasteiger partial charge >= 0.3 is 0 Å². The fraction of sp³-hybridized carbons (Fsp3) is 0.857. The molecule has 1 heterocycles. The average molecular weight is 440 g/mol. The summed E-state index contributed by atoms with van der Waals surface area (Å²) in [4.78, 5) is 13.8. The Balaban J connectivity index is 1.48. The summed E-state index contributed by atoms with van der Waals surface area (Å²) in [6.07, 6.45) is 13.5. The van der Waals surface area contributed by atoms with Gasteiger partial charge in [-0.3, -0.25) is 9.48 Å². The van der Waals surface area contributed by atoms with E-state index in [1.54, 1.807) is 0 Å². The Morgan fingerprint density at radius 3 is 2.41 bits per heavy atom. The Labute approximate surface area is 195 Å². The molecule has 3 fully saturated rings. The highest BCUT2D eigenvalue weighted by atomic mass is 16.2. The van der Waals surface area contributed by atoms with E-state index in [1.165, 1.54) is 69.0 Å². The first-order valence-corrected chi connectivity index (χ1v) is 13.4. The molecule has 1 N–H and O–H groups in total. The topological polar surface area (TPSA) is 46.9 Å². The number of fused-ring (bicyclic) bond motifs is 3. The average Bonchev–Trinajstić information content (AvgIpc) is 3.37. The van der Waals surface area contributed by atoms with Gasteiger partial charge in [-0.1, -0.05) is 60.8 Å². The number of amides is 1. The summed E-state index contributed by atoms with van der Waals surface area (Å²) in [7, 11) is 0. The zero-order valence-electron chi connectivity index (χ0n) is 21.4. The van der Waals surface area contributed by atoms with Gasteiger partial charge in [-0.15, -0.1) is 0 Å². The van der Waals surface area contributed by atoms with Crippen molar-refractivity contribution in [2.24, 2.45) is 28.1 Å². The van der Waals surface area contributed by atoms with Crippen molar-refractivity contribution in [3.8, 4) is 0 Å². The van der Waals surface area contributed by atoms with E-state index < -0.39 is 0 Å². The van der Waals surface area contributed by atoms with E-state index in [1.807, 2.05) is 0 Å². The number of rotatable bonds is 3. The first kappa shape index (κ1) is 22.5. The molecule has 0 saturated heterocycles. The lowest BCUT2D eigenvalue weighted by atomic mass is 9.68. The maximum Gasteiger partial charge on any atom is 0.272 e. The monoisotopic (exact) mass is 439 g/mol. The molecular formula is C28H45N3O. The van der Waals surface area contributed by atoms with Crippen molar-refractivity contribution in [3.63, 3.8) is 0 Å². The second kappa shape index (κ2) is 7.60. The molecule has 1 aromatic rings. The summed E-state index contributed by atoms with van der Waals surface area (Å²) in [6.45, 7) is 14.2. The zero-order chi connectivity index (χ0) is 22.9. The number of hydrogen-bond donors (Lipinski definition) is 1. The van der Waals surface area contributed by atoms with E-state index in [0.717, 1.165) is 24.5 Å². The molecule has 178 valence electrons. The predicted molar refractivity (Wildman–Crippen MR) is 130 cm³/mol. The van der Waals surface area contributed by atoms with Crippen LogP contribution in [0.3, 0.4) is 0 Å². The molecular weight excluding hydrogens is 394 g/mol. The minimum atomic E-state index is 0.0946. The highest BCUT2D eigenvalue weighted by Gasteiger charge is 2.59. The van der Waals surface area contributed by atoms with Crippen molar-refractivity contribution in [2.45, 2.75) is 124 Å². The normalized spacial score (nSPS) is 34.5. The van der Waals surface area contributed by atoms with E-state index >= 15 is 0 Å². The summed E-state index contributed by atoms with van der Waals surface area (Å²) in [5, 5.41) is 8.67. The van der Waals surface area contributed by atoms with Crippen LogP contribution in [0.1, 0.15) is 127 Å². The number of nitrogens with zero attached hydrogens (tertiary/aromatic N) is 2. The maximum atomic E-state index is 13.8. The Hall–Kier alpha value is -1.32. The Bertz CT molecular complexity index is 880. The molecule has 5 rings (SSSR count). The molecule has 4 heteroatoms. The fourth-order valence-corrected chi connectivity index (χ4v) is 8.05. The van der Waals surface area contributed by atoms with Gasteiger partial charge in [-0.2, -0.15) is 5.10 Å². The van der Waals surface area contributed by atoms with E-state index in [4.69, 9.17) is 5.10 Å². The molecule has 1 amide bonds. The van der Waals surface area contributed by atoms with Crippen LogP contribution < -0.4 is 5.32 Å². The molecule has 4 aliphatic rings. The predicted octanol–water partition coefficient (Wildman–Crippen LogP) is 6.48. The molecule has 4 atom stereocenters. The smallest absolute Gasteiger partial charge is 0.272 e. The van der Waals surface area contributed by atoms with E-state index in [0.29, 0.717) is 12.0 Å². The lowest BCUT2D eigenvalue weighted by Gasteiger charge is -2.43. The Kier molecular flexibility index (Phi) is 5.34. The van der Waals surface area contributed by atoms with Crippen molar-refractivity contribution < 1.29 is 4.79 Å². The first-order valence-electron chi connectivity index (χ1n) is 13.4. The third kappa shape index (κ3) is 3.55. The van der Waals surface area contributed by atoms with Crippen LogP contribution in [0.2, 0.25) is 0 Å². The summed E-state index contributed by atoms with van der Waals surface area (Å²) in [5.74, 6) is 1.44. The van der Waals surface area contributed by atoms with Gasteiger partial charge < -0.3 is 5.32 Å². The van der Waals surface area contributed by atoms with Crippen LogP contribution in [0.25, 0.3) is 0 Å². The molecule has 0 aromatic carbocycles. The minimum absolute atomic E-state index is 0.0946. The van der Waals surface area contributed by atoms with Crippen LogP contribution in [0.15, 0.2) is 0 Å². The number of nitrogens with one attached hydrogen (secondary N) is 1. The van der Waals surface area contributed by atoms with Crippen molar-refractivity contribution >= 4 is 5.91 Å². The van der Waals surface area contributed by atoms with Gasteiger partial charge in [0.1, 0.15) is 0 Å². The highest BCUT2D eigenvalue weighted by molar-refractivity contribution is 5.94. The second-order valence-electron chi connectivity index (χ2n) is 13.6. The Morgan fingerprint density at radius 2 is 1.78 bits per heavy atom. The van der Waals surface area contributed by atoms with Crippen LogP contribution in [0.4, 0.5) is 0 Å². The molecule has 32 heavy (non-hydrogen) atoms. The molecule has 2 bridgehead atoms. The third-order valence-corrected chi connectivity index (χ3v) is 10.2. The summed E-state index contributed by atoms with van der Waals surface area (Å²) < 4.78 is 2.32. The van der Waals surface area contributed by atoms with Gasteiger partial charge in [0.05, 0.1) is 6.04 Å². The van der Waals surface area contributed by atoms with Crippen molar-refractivity contribution in [1.29, 1.82) is 0 Å². The van der Waals surface area contributed by atoms with E-state index in [-0.39, 0.29) is 28.2 Å². The van der Waals surface area contributed by atoms with Crippen LogP contribution in [-0.4, -0.2) is 21.7 Å². The molecule has 0 spiro atoms. The van der Waals surface area contributed by atoms with Crippen molar-refractivity contribution in [3.05, 3.63) is 17.0 Å². The molecule has 4 aliphatic carbocycles. The fourth-order valence-electron chi connectivity index (χ4n) is 8.05. The summed E-state index contributed by atoms with van der Waals surface area (Å²) >= 11 is 0. The molecule has 4 nitrogen and oxygen atoms in total. The first-order chi connectivity index (χ1) is 15.0. The number of aromatic nitrogens is 2. The lowest BCUT2D eigenvalue weighted by Crippen LogP contribution is -2.52. The summed E-state index contributed by atoms with van der Waals surface area (Å²) in [6, 6.07) is 0.737. The van der Waals surface area contributed by atoms with Crippen LogP contribution in [0.5, 0.6) is 0 Å². The molecule has 0 aliphatic heterocycles. The number of carbonyl (C=O) groups excluding carboxylic acids is 1. The second-order valence-corrected chi connectivity index (χ2v) is 13.6. The zero-order valence-corrected chi connectivity index (χ0v) is 21.4. The molecule has 0 radical (unpaired) electrons. The minimum Gasteiger partial charge on any atom is -0.347 e. The maximum absolute atomic E-state index is 13.8. The van der Waals surface area contributed by atoms with Crippen molar-refractivity contribution in [1.82, 2.24) is 15.1 Å². The van der Waals surface area contributed by atoms with Gasteiger partial charge in [0.15, 0.2) is 5.69 Å². The quantitative estimate of drug-likeness (QED) is 0.585. The van der Waals surface area contributed by atoms with Crippen LogP contribution >= 0.6 is 0 Å². The van der Waals surface area contributed by atoms with Crippen molar-refractivity contribution in [2.75, 3.05) is 0 Å². The number of hydrogen-bond acceptors (Lipinski definition) is 2. The molecule has 1 aromatic heterocycles. The van der Waals surface area contributed by atoms with Gasteiger partial charge in [-0.05, 0) is 79.4 Å². The number of carbonyl (C=O) groups is 1. The third-order valence-electron chi connectivity index (χ3n) is 10.2. The van der Waals surface area contributed by atoms with Gasteiger partial charge in [0, 0.05) is 17.3 Å². The lowest BCUT2D eigenvalue weighted by molar-refractivity contribution is 0.0730. The standard InChI is InChI=1S/C28H45N3O/c1-26(2,3)18-12-13-22-21(16-18)23(30-31(22)20-10-8-7-9-11-20)24(32)29-25-27(4,5)19-14-15-28(25,6)17-19/h18-20,25H,7-17H2,1-6H3,(H,29,32). The van der Waals surface area contributed by atoms with E-state index in [2.05, 4.69) is 51.5 Å². The molecule has 4 unspecified atom stereocenters. The Morgan fingerprint density at radius 1 is 1.06 bits per heavy atom. The van der Waals surface area contributed by atoms with Crippen LogP contribution in [0, 0.1) is 28.1 Å². The summed E-state index contributed by atoms with van der Waals surface area (Å²) in [5.41, 5.74) is 4.07. The SMILES string of the molecule is CC(C)(C)C1CCc2c(c(C(=O)NC3C4(C)CCC(C4)C3(C)C)nn2C2CCCCC2)C1. The van der Waals surface area contributed by atoms with Gasteiger partial charge in [-0.25, -0.2) is 0 Å². The van der Waals surface area contributed by atoms with E-state index in [9.17, 15) is 4.79 Å². The molecule has 3 saturated carbocycles. The highest BCUT2D eigenvalue weighted by Crippen LogP contribution is 2.62. The largest absolute Gasteiger partial charge is 0.347 e. The van der Waals surface area contributed by atoms with Crippen LogP contribution in [-0.2, 0) is 12.8 Å². The van der Waals surface area contributed by atoms with Gasteiger partial charge in [0.2, 0.25) is 0 Å².